The van der Waals surface area contributed by atoms with Crippen LogP contribution in [0.2, 0.25) is 10.0 Å². The van der Waals surface area contributed by atoms with Gasteiger partial charge in [0.25, 0.3) is 0 Å². The maximum absolute atomic E-state index is 9.80. The molecule has 0 aliphatic rings. The molecule has 1 rings (SSSR count). The SMILES string of the molecule is CC(NCCCO)c1ccc(Cl)c(Cl)c1O. The predicted molar refractivity (Wildman–Crippen MR) is 66.2 cm³/mol. The van der Waals surface area contributed by atoms with E-state index in [1.165, 1.54) is 0 Å². The molecular formula is C11H15Cl2NO2. The van der Waals surface area contributed by atoms with Crippen LogP contribution in [0.5, 0.6) is 5.75 Å². The zero-order valence-corrected chi connectivity index (χ0v) is 10.5. The van der Waals surface area contributed by atoms with E-state index in [0.29, 0.717) is 23.6 Å². The van der Waals surface area contributed by atoms with Gasteiger partial charge in [0, 0.05) is 18.2 Å². The van der Waals surface area contributed by atoms with Crippen LogP contribution in [0, 0.1) is 0 Å². The van der Waals surface area contributed by atoms with Crippen molar-refractivity contribution in [3.8, 4) is 5.75 Å². The molecule has 0 aliphatic heterocycles. The summed E-state index contributed by atoms with van der Waals surface area (Å²) in [4.78, 5) is 0. The van der Waals surface area contributed by atoms with E-state index in [2.05, 4.69) is 5.32 Å². The van der Waals surface area contributed by atoms with Gasteiger partial charge >= 0.3 is 0 Å². The molecule has 0 aromatic heterocycles. The molecule has 0 aliphatic carbocycles. The molecule has 0 radical (unpaired) electrons. The molecule has 1 unspecified atom stereocenters. The van der Waals surface area contributed by atoms with Crippen molar-refractivity contribution >= 4 is 23.2 Å². The van der Waals surface area contributed by atoms with Crippen LogP contribution in [-0.2, 0) is 0 Å². The number of benzene rings is 1. The van der Waals surface area contributed by atoms with Gasteiger partial charge in [0.15, 0.2) is 0 Å². The quantitative estimate of drug-likeness (QED) is 0.717. The highest BCUT2D eigenvalue weighted by Gasteiger charge is 2.14. The topological polar surface area (TPSA) is 52.5 Å². The highest BCUT2D eigenvalue weighted by Crippen LogP contribution is 2.36. The Morgan fingerprint density at radius 1 is 1.38 bits per heavy atom. The number of rotatable bonds is 5. The first-order valence-electron chi connectivity index (χ1n) is 5.09. The Morgan fingerprint density at radius 2 is 2.06 bits per heavy atom. The molecule has 5 heteroatoms. The molecule has 3 N–H and O–H groups in total. The fourth-order valence-corrected chi connectivity index (χ4v) is 1.74. The number of hydrogen-bond acceptors (Lipinski definition) is 3. The summed E-state index contributed by atoms with van der Waals surface area (Å²) in [6.45, 7) is 2.74. The van der Waals surface area contributed by atoms with Crippen LogP contribution in [0.3, 0.4) is 0 Å². The Bertz CT molecular complexity index is 358. The first-order chi connectivity index (χ1) is 7.57. The zero-order chi connectivity index (χ0) is 12.1. The minimum atomic E-state index is -0.0404. The molecule has 3 nitrogen and oxygen atoms in total. The standard InChI is InChI=1S/C11H15Cl2NO2/c1-7(14-5-2-6-15)8-3-4-9(12)10(13)11(8)16/h3-4,7,14-16H,2,5-6H2,1H3. The summed E-state index contributed by atoms with van der Waals surface area (Å²) in [5.41, 5.74) is 0.701. The van der Waals surface area contributed by atoms with Crippen LogP contribution < -0.4 is 5.32 Å². The fourth-order valence-electron chi connectivity index (χ4n) is 1.41. The lowest BCUT2D eigenvalue weighted by molar-refractivity contribution is 0.283. The zero-order valence-electron chi connectivity index (χ0n) is 9.00. The number of nitrogens with one attached hydrogen (secondary N) is 1. The van der Waals surface area contributed by atoms with E-state index in [0.717, 1.165) is 0 Å². The monoisotopic (exact) mass is 263 g/mol. The van der Waals surface area contributed by atoms with Gasteiger partial charge in [0.05, 0.1) is 5.02 Å². The number of aromatic hydroxyl groups is 1. The molecule has 0 saturated heterocycles. The van der Waals surface area contributed by atoms with Crippen LogP contribution in [-0.4, -0.2) is 23.4 Å². The molecule has 0 heterocycles. The van der Waals surface area contributed by atoms with Crippen molar-refractivity contribution in [2.75, 3.05) is 13.2 Å². The van der Waals surface area contributed by atoms with E-state index in [-0.39, 0.29) is 23.4 Å². The molecule has 0 amide bonds. The van der Waals surface area contributed by atoms with Crippen LogP contribution >= 0.6 is 23.2 Å². The second-order valence-corrected chi connectivity index (χ2v) is 4.34. The summed E-state index contributed by atoms with van der Waals surface area (Å²) < 4.78 is 0. The Hall–Kier alpha value is -0.480. The highest BCUT2D eigenvalue weighted by molar-refractivity contribution is 6.43. The second-order valence-electron chi connectivity index (χ2n) is 3.55. The highest BCUT2D eigenvalue weighted by atomic mass is 35.5. The molecule has 16 heavy (non-hydrogen) atoms. The van der Waals surface area contributed by atoms with Crippen molar-refractivity contribution in [2.24, 2.45) is 0 Å². The average Bonchev–Trinajstić information content (AvgIpc) is 2.26. The first-order valence-corrected chi connectivity index (χ1v) is 5.84. The van der Waals surface area contributed by atoms with Gasteiger partial charge in [-0.05, 0) is 26.0 Å². The van der Waals surface area contributed by atoms with Gasteiger partial charge in [-0.1, -0.05) is 29.3 Å². The second kappa shape index (κ2) is 6.30. The number of halogens is 2. The molecule has 0 bridgehead atoms. The number of hydrogen-bond donors (Lipinski definition) is 3. The van der Waals surface area contributed by atoms with E-state index < -0.39 is 0 Å². The molecule has 0 fully saturated rings. The number of phenolic OH excluding ortho intramolecular Hbond substituents is 1. The third-order valence-corrected chi connectivity index (χ3v) is 3.15. The van der Waals surface area contributed by atoms with E-state index in [1.54, 1.807) is 12.1 Å². The van der Waals surface area contributed by atoms with Crippen molar-refractivity contribution in [2.45, 2.75) is 19.4 Å². The van der Waals surface area contributed by atoms with E-state index in [1.807, 2.05) is 6.92 Å². The Kier molecular flexibility index (Phi) is 5.35. The number of phenols is 1. The van der Waals surface area contributed by atoms with Gasteiger partial charge in [0.1, 0.15) is 10.8 Å². The summed E-state index contributed by atoms with van der Waals surface area (Å²) in [6, 6.07) is 3.35. The van der Waals surface area contributed by atoms with Crippen LogP contribution in [0.4, 0.5) is 0 Å². The summed E-state index contributed by atoms with van der Waals surface area (Å²) in [5, 5.41) is 22.1. The number of aliphatic hydroxyl groups is 1. The average molecular weight is 264 g/mol. The molecule has 90 valence electrons. The molecule has 1 aromatic rings. The van der Waals surface area contributed by atoms with Gasteiger partial charge < -0.3 is 15.5 Å². The van der Waals surface area contributed by atoms with Gasteiger partial charge in [0.2, 0.25) is 0 Å². The third kappa shape index (κ3) is 3.25. The van der Waals surface area contributed by atoms with Crippen molar-refractivity contribution in [1.29, 1.82) is 0 Å². The van der Waals surface area contributed by atoms with Crippen LogP contribution in [0.15, 0.2) is 12.1 Å². The lowest BCUT2D eigenvalue weighted by atomic mass is 10.1. The molecule has 0 saturated carbocycles. The molecule has 0 spiro atoms. The minimum absolute atomic E-state index is 0.0122. The van der Waals surface area contributed by atoms with E-state index >= 15 is 0 Å². The van der Waals surface area contributed by atoms with Gasteiger partial charge in [-0.3, -0.25) is 0 Å². The summed E-state index contributed by atoms with van der Waals surface area (Å²) in [6.07, 6.45) is 0.673. The smallest absolute Gasteiger partial charge is 0.140 e. The fraction of sp³-hybridized carbons (Fsp3) is 0.455. The maximum atomic E-state index is 9.80. The Balaban J connectivity index is 2.76. The summed E-state index contributed by atoms with van der Waals surface area (Å²) in [5.74, 6) is 0.0122. The van der Waals surface area contributed by atoms with Crippen molar-refractivity contribution in [3.63, 3.8) is 0 Å². The van der Waals surface area contributed by atoms with Crippen molar-refractivity contribution < 1.29 is 10.2 Å². The van der Waals surface area contributed by atoms with Crippen molar-refractivity contribution in [3.05, 3.63) is 27.7 Å². The van der Waals surface area contributed by atoms with Crippen LogP contribution in [0.25, 0.3) is 0 Å². The summed E-state index contributed by atoms with van der Waals surface area (Å²) in [7, 11) is 0. The largest absolute Gasteiger partial charge is 0.506 e. The molecule has 1 aromatic carbocycles. The third-order valence-electron chi connectivity index (χ3n) is 2.35. The van der Waals surface area contributed by atoms with Crippen LogP contribution in [0.1, 0.15) is 24.9 Å². The number of aliphatic hydroxyl groups excluding tert-OH is 1. The Labute approximate surface area is 105 Å². The first kappa shape index (κ1) is 13.6. The van der Waals surface area contributed by atoms with Gasteiger partial charge in [-0.15, -0.1) is 0 Å². The van der Waals surface area contributed by atoms with Gasteiger partial charge in [-0.2, -0.15) is 0 Å². The molecular weight excluding hydrogens is 249 g/mol. The van der Waals surface area contributed by atoms with E-state index in [4.69, 9.17) is 28.3 Å². The lowest BCUT2D eigenvalue weighted by Gasteiger charge is -2.16. The van der Waals surface area contributed by atoms with Crippen molar-refractivity contribution in [1.82, 2.24) is 5.32 Å². The minimum Gasteiger partial charge on any atom is -0.506 e. The Morgan fingerprint density at radius 3 is 2.69 bits per heavy atom. The predicted octanol–water partition coefficient (Wildman–Crippen LogP) is 2.73. The summed E-state index contributed by atoms with van der Waals surface area (Å²) >= 11 is 11.6. The lowest BCUT2D eigenvalue weighted by Crippen LogP contribution is -2.20. The maximum Gasteiger partial charge on any atom is 0.140 e. The molecule has 1 atom stereocenters. The van der Waals surface area contributed by atoms with Gasteiger partial charge in [-0.25, -0.2) is 0 Å². The normalized spacial score (nSPS) is 12.8. The van der Waals surface area contributed by atoms with E-state index in [9.17, 15) is 5.11 Å².